The van der Waals surface area contributed by atoms with Crippen LogP contribution < -0.4 is 11.1 Å². The van der Waals surface area contributed by atoms with Gasteiger partial charge in [-0.15, -0.1) is 0 Å². The van der Waals surface area contributed by atoms with E-state index in [9.17, 15) is 0 Å². The van der Waals surface area contributed by atoms with Crippen LogP contribution in [0.3, 0.4) is 0 Å². The molecule has 1 atom stereocenters. The number of oxime groups is 1. The summed E-state index contributed by atoms with van der Waals surface area (Å²) >= 11 is 0. The first kappa shape index (κ1) is 13.1. The molecule has 0 radical (unpaired) electrons. The lowest BCUT2D eigenvalue weighted by Gasteiger charge is -2.16. The molecule has 0 aliphatic rings. The first-order valence-electron chi connectivity index (χ1n) is 5.94. The van der Waals surface area contributed by atoms with Crippen molar-refractivity contribution in [2.24, 2.45) is 10.9 Å². The Kier molecular flexibility index (Phi) is 4.52. The molecule has 0 aliphatic carbocycles. The number of hydrogen-bond donors (Lipinski definition) is 3. The van der Waals surface area contributed by atoms with E-state index in [1.807, 2.05) is 30.3 Å². The van der Waals surface area contributed by atoms with Crippen LogP contribution >= 0.6 is 0 Å². The van der Waals surface area contributed by atoms with E-state index in [1.165, 1.54) is 0 Å². The summed E-state index contributed by atoms with van der Waals surface area (Å²) in [5.74, 6) is 0.733. The fourth-order valence-electron chi connectivity index (χ4n) is 1.82. The van der Waals surface area contributed by atoms with Crippen molar-refractivity contribution in [2.45, 2.75) is 12.5 Å². The fourth-order valence-corrected chi connectivity index (χ4v) is 1.82. The molecule has 0 saturated carbocycles. The molecule has 0 bridgehead atoms. The maximum Gasteiger partial charge on any atom is 0.150 e. The van der Waals surface area contributed by atoms with Crippen molar-refractivity contribution in [3.8, 4) is 0 Å². The number of hydrogen-bond acceptors (Lipinski definition) is 5. The molecule has 0 spiro atoms. The summed E-state index contributed by atoms with van der Waals surface area (Å²) in [5, 5.41) is 18.8. The van der Waals surface area contributed by atoms with Gasteiger partial charge in [-0.25, -0.2) is 0 Å². The van der Waals surface area contributed by atoms with E-state index in [1.54, 1.807) is 12.3 Å². The summed E-state index contributed by atoms with van der Waals surface area (Å²) in [5.41, 5.74) is 6.72. The van der Waals surface area contributed by atoms with E-state index in [4.69, 9.17) is 15.5 Å². The highest BCUT2D eigenvalue weighted by Crippen LogP contribution is 2.15. The minimum absolute atomic E-state index is 0.177. The van der Waals surface area contributed by atoms with Crippen LogP contribution in [0.5, 0.6) is 0 Å². The van der Waals surface area contributed by atoms with Crippen LogP contribution in [0.2, 0.25) is 0 Å². The average molecular weight is 260 g/mol. The number of aromatic nitrogens is 1. The van der Waals surface area contributed by atoms with Gasteiger partial charge in [-0.05, 0) is 5.56 Å². The summed E-state index contributed by atoms with van der Waals surface area (Å²) in [4.78, 5) is 0. The Morgan fingerprint density at radius 3 is 2.79 bits per heavy atom. The van der Waals surface area contributed by atoms with Gasteiger partial charge in [0.05, 0.1) is 18.7 Å². The normalized spacial score (nSPS) is 13.4. The molecule has 0 fully saturated rings. The highest BCUT2D eigenvalue weighted by atomic mass is 16.5. The Morgan fingerprint density at radius 1 is 1.37 bits per heavy atom. The highest BCUT2D eigenvalue weighted by Gasteiger charge is 2.16. The van der Waals surface area contributed by atoms with Gasteiger partial charge in [0, 0.05) is 12.6 Å². The lowest BCUT2D eigenvalue weighted by atomic mass is 9.98. The third kappa shape index (κ3) is 3.56. The van der Waals surface area contributed by atoms with Gasteiger partial charge in [-0.3, -0.25) is 0 Å². The second kappa shape index (κ2) is 6.55. The summed E-state index contributed by atoms with van der Waals surface area (Å²) in [7, 11) is 0. The molecule has 0 saturated heterocycles. The quantitative estimate of drug-likeness (QED) is 0.315. The van der Waals surface area contributed by atoms with Crippen molar-refractivity contribution in [3.63, 3.8) is 0 Å². The SMILES string of the molecule is N/C(=N/O)C(CNCc1ccno1)c1ccccc1. The van der Waals surface area contributed by atoms with E-state index in [2.05, 4.69) is 15.6 Å². The van der Waals surface area contributed by atoms with Crippen molar-refractivity contribution >= 4 is 5.84 Å². The van der Waals surface area contributed by atoms with Crippen LogP contribution in [0, 0.1) is 0 Å². The molecule has 1 aromatic carbocycles. The largest absolute Gasteiger partial charge is 0.409 e. The van der Waals surface area contributed by atoms with Crippen molar-refractivity contribution in [3.05, 3.63) is 53.9 Å². The molecule has 100 valence electrons. The standard InChI is InChI=1S/C13H16N4O2/c14-13(17-18)12(10-4-2-1-3-5-10)9-15-8-11-6-7-16-19-11/h1-7,12,15,18H,8-9H2,(H2,14,17). The van der Waals surface area contributed by atoms with Gasteiger partial charge in [0.2, 0.25) is 0 Å². The molecule has 2 aromatic rings. The van der Waals surface area contributed by atoms with Crippen molar-refractivity contribution in [2.75, 3.05) is 6.54 Å². The van der Waals surface area contributed by atoms with Gasteiger partial charge in [0.15, 0.2) is 0 Å². The van der Waals surface area contributed by atoms with Crippen molar-refractivity contribution < 1.29 is 9.73 Å². The van der Waals surface area contributed by atoms with Gasteiger partial charge in [-0.1, -0.05) is 40.6 Å². The molecular weight excluding hydrogens is 244 g/mol. The number of nitrogens with zero attached hydrogens (tertiary/aromatic N) is 2. The van der Waals surface area contributed by atoms with Gasteiger partial charge >= 0.3 is 0 Å². The lowest BCUT2D eigenvalue weighted by Crippen LogP contribution is -2.31. The summed E-state index contributed by atoms with van der Waals surface area (Å²) in [6.07, 6.45) is 1.59. The number of rotatable bonds is 6. The predicted molar refractivity (Wildman–Crippen MR) is 70.8 cm³/mol. The zero-order valence-electron chi connectivity index (χ0n) is 10.4. The first-order chi connectivity index (χ1) is 9.31. The van der Waals surface area contributed by atoms with E-state index in [0.717, 1.165) is 11.3 Å². The molecule has 1 unspecified atom stereocenters. The topological polar surface area (TPSA) is 96.7 Å². The maximum atomic E-state index is 8.86. The Balaban J connectivity index is 1.99. The number of amidine groups is 1. The average Bonchev–Trinajstić information content (AvgIpc) is 2.97. The van der Waals surface area contributed by atoms with Gasteiger partial charge < -0.3 is 20.8 Å². The number of nitrogens with one attached hydrogen (secondary N) is 1. The highest BCUT2D eigenvalue weighted by molar-refractivity contribution is 5.87. The minimum atomic E-state index is -0.186. The van der Waals surface area contributed by atoms with Crippen molar-refractivity contribution in [1.82, 2.24) is 10.5 Å². The Bertz CT molecular complexity index is 511. The molecule has 19 heavy (non-hydrogen) atoms. The zero-order chi connectivity index (χ0) is 13.5. The predicted octanol–water partition coefficient (Wildman–Crippen LogP) is 1.29. The molecule has 0 aliphatic heterocycles. The molecular formula is C13H16N4O2. The van der Waals surface area contributed by atoms with E-state index >= 15 is 0 Å². The van der Waals surface area contributed by atoms with Crippen LogP contribution in [0.1, 0.15) is 17.2 Å². The maximum absolute atomic E-state index is 8.86. The van der Waals surface area contributed by atoms with E-state index < -0.39 is 0 Å². The molecule has 6 heteroatoms. The van der Waals surface area contributed by atoms with E-state index in [0.29, 0.717) is 13.1 Å². The smallest absolute Gasteiger partial charge is 0.150 e. The van der Waals surface area contributed by atoms with Crippen LogP contribution in [0.4, 0.5) is 0 Å². The molecule has 0 amide bonds. The Labute approximate surface area is 110 Å². The Hall–Kier alpha value is -2.34. The Morgan fingerprint density at radius 2 is 2.16 bits per heavy atom. The number of nitrogens with two attached hydrogens (primary N) is 1. The van der Waals surface area contributed by atoms with Crippen LogP contribution in [-0.4, -0.2) is 22.7 Å². The minimum Gasteiger partial charge on any atom is -0.409 e. The second-order valence-electron chi connectivity index (χ2n) is 4.10. The van der Waals surface area contributed by atoms with Gasteiger partial charge in [0.25, 0.3) is 0 Å². The summed E-state index contributed by atoms with van der Waals surface area (Å²) < 4.78 is 4.98. The summed E-state index contributed by atoms with van der Waals surface area (Å²) in [6, 6.07) is 11.4. The number of benzene rings is 1. The van der Waals surface area contributed by atoms with E-state index in [-0.39, 0.29) is 11.8 Å². The zero-order valence-corrected chi connectivity index (χ0v) is 10.4. The molecule has 1 heterocycles. The lowest BCUT2D eigenvalue weighted by molar-refractivity contribution is 0.315. The van der Waals surface area contributed by atoms with Crippen molar-refractivity contribution in [1.29, 1.82) is 0 Å². The molecule has 2 rings (SSSR count). The molecule has 4 N–H and O–H groups in total. The molecule has 6 nitrogen and oxygen atoms in total. The van der Waals surface area contributed by atoms with Crippen LogP contribution in [0.25, 0.3) is 0 Å². The van der Waals surface area contributed by atoms with Crippen LogP contribution in [0.15, 0.2) is 52.3 Å². The monoisotopic (exact) mass is 260 g/mol. The fraction of sp³-hybridized carbons (Fsp3) is 0.231. The summed E-state index contributed by atoms with van der Waals surface area (Å²) in [6.45, 7) is 1.09. The van der Waals surface area contributed by atoms with Gasteiger partial charge in [0.1, 0.15) is 11.6 Å². The third-order valence-corrected chi connectivity index (χ3v) is 2.81. The third-order valence-electron chi connectivity index (χ3n) is 2.81. The van der Waals surface area contributed by atoms with Crippen LogP contribution in [-0.2, 0) is 6.54 Å². The molecule has 1 aromatic heterocycles. The second-order valence-corrected chi connectivity index (χ2v) is 4.10. The first-order valence-corrected chi connectivity index (χ1v) is 5.94. The van der Waals surface area contributed by atoms with Gasteiger partial charge in [-0.2, -0.15) is 0 Å².